The molecule has 1 fully saturated rings. The van der Waals surface area contributed by atoms with Gasteiger partial charge in [-0.15, -0.1) is 12.4 Å². The number of benzene rings is 1. The standard InChI is InChI=1S/C17H23N5O.ClH/c1-12-9-15(3-4-16(12)22-11-19-10-20-22)17(23)21-7-5-14(6-8-21)13(2)18;/h3-4,9-11,13-14H,5-8,18H2,1-2H3;1H. The van der Waals surface area contributed by atoms with Crippen molar-refractivity contribution in [2.75, 3.05) is 13.1 Å². The zero-order valence-corrected chi connectivity index (χ0v) is 14.9. The number of aromatic nitrogens is 3. The molecular weight excluding hydrogens is 326 g/mol. The number of nitrogens with two attached hydrogens (primary N) is 1. The minimum absolute atomic E-state index is 0. The normalized spacial score (nSPS) is 16.5. The molecule has 130 valence electrons. The molecule has 3 rings (SSSR count). The highest BCUT2D eigenvalue weighted by atomic mass is 35.5. The molecule has 7 heteroatoms. The number of nitrogens with zero attached hydrogens (tertiary/aromatic N) is 4. The molecule has 0 spiro atoms. The molecule has 0 saturated carbocycles. The van der Waals surface area contributed by atoms with Crippen molar-refractivity contribution in [2.45, 2.75) is 32.7 Å². The Labute approximate surface area is 148 Å². The van der Waals surface area contributed by atoms with E-state index in [2.05, 4.69) is 10.1 Å². The molecule has 0 aliphatic carbocycles. The summed E-state index contributed by atoms with van der Waals surface area (Å²) in [7, 11) is 0. The van der Waals surface area contributed by atoms with E-state index in [0.29, 0.717) is 5.92 Å². The van der Waals surface area contributed by atoms with E-state index < -0.39 is 0 Å². The SMILES string of the molecule is Cc1cc(C(=O)N2CCC(C(C)N)CC2)ccc1-n1cncn1.Cl. The molecule has 1 aliphatic heterocycles. The van der Waals surface area contributed by atoms with Gasteiger partial charge in [0, 0.05) is 24.7 Å². The van der Waals surface area contributed by atoms with Crippen molar-refractivity contribution in [3.63, 3.8) is 0 Å². The van der Waals surface area contributed by atoms with Crippen LogP contribution in [0.3, 0.4) is 0 Å². The average molecular weight is 350 g/mol. The van der Waals surface area contributed by atoms with E-state index in [1.54, 1.807) is 11.0 Å². The zero-order valence-electron chi connectivity index (χ0n) is 14.1. The maximum absolute atomic E-state index is 12.7. The Morgan fingerprint density at radius 1 is 1.33 bits per heavy atom. The highest BCUT2D eigenvalue weighted by Gasteiger charge is 2.25. The van der Waals surface area contributed by atoms with Crippen molar-refractivity contribution in [1.82, 2.24) is 19.7 Å². The van der Waals surface area contributed by atoms with Crippen LogP contribution >= 0.6 is 12.4 Å². The van der Waals surface area contributed by atoms with Crippen LogP contribution in [0.1, 0.15) is 35.7 Å². The van der Waals surface area contributed by atoms with Crippen LogP contribution in [0.5, 0.6) is 0 Å². The first-order chi connectivity index (χ1) is 11.1. The van der Waals surface area contributed by atoms with Crippen LogP contribution in [0.4, 0.5) is 0 Å². The van der Waals surface area contributed by atoms with Gasteiger partial charge < -0.3 is 10.6 Å². The Hall–Kier alpha value is -1.92. The minimum Gasteiger partial charge on any atom is -0.339 e. The van der Waals surface area contributed by atoms with E-state index in [4.69, 9.17) is 5.73 Å². The number of piperidine rings is 1. The van der Waals surface area contributed by atoms with E-state index in [-0.39, 0.29) is 24.4 Å². The first kappa shape index (κ1) is 18.4. The Morgan fingerprint density at radius 3 is 2.58 bits per heavy atom. The molecule has 6 nitrogen and oxygen atoms in total. The van der Waals surface area contributed by atoms with Gasteiger partial charge in [0.05, 0.1) is 5.69 Å². The van der Waals surface area contributed by atoms with Gasteiger partial charge in [-0.2, -0.15) is 5.10 Å². The number of carbonyl (C=O) groups is 1. The molecule has 1 aliphatic rings. The second-order valence-corrected chi connectivity index (χ2v) is 6.33. The molecule has 2 heterocycles. The topological polar surface area (TPSA) is 77.0 Å². The van der Waals surface area contributed by atoms with Gasteiger partial charge in [-0.1, -0.05) is 0 Å². The summed E-state index contributed by atoms with van der Waals surface area (Å²) in [5, 5.41) is 4.13. The summed E-state index contributed by atoms with van der Waals surface area (Å²) in [6.07, 6.45) is 5.13. The first-order valence-electron chi connectivity index (χ1n) is 8.07. The van der Waals surface area contributed by atoms with Crippen LogP contribution in [0.2, 0.25) is 0 Å². The van der Waals surface area contributed by atoms with Crippen molar-refractivity contribution >= 4 is 18.3 Å². The largest absolute Gasteiger partial charge is 0.339 e. The van der Waals surface area contributed by atoms with Crippen molar-refractivity contribution in [2.24, 2.45) is 11.7 Å². The van der Waals surface area contributed by atoms with Gasteiger partial charge in [0.2, 0.25) is 0 Å². The van der Waals surface area contributed by atoms with Crippen LogP contribution in [0, 0.1) is 12.8 Å². The van der Waals surface area contributed by atoms with Gasteiger partial charge >= 0.3 is 0 Å². The monoisotopic (exact) mass is 349 g/mol. The first-order valence-corrected chi connectivity index (χ1v) is 8.07. The number of amides is 1. The lowest BCUT2D eigenvalue weighted by Crippen LogP contribution is -2.42. The van der Waals surface area contributed by atoms with Gasteiger partial charge in [-0.25, -0.2) is 9.67 Å². The number of likely N-dealkylation sites (tertiary alicyclic amines) is 1. The van der Waals surface area contributed by atoms with Crippen LogP contribution in [-0.2, 0) is 0 Å². The number of hydrogen-bond acceptors (Lipinski definition) is 4. The Balaban J connectivity index is 0.00000208. The highest BCUT2D eigenvalue weighted by molar-refractivity contribution is 5.94. The highest BCUT2D eigenvalue weighted by Crippen LogP contribution is 2.22. The molecule has 0 bridgehead atoms. The molecule has 24 heavy (non-hydrogen) atoms. The number of aryl methyl sites for hydroxylation is 1. The fourth-order valence-corrected chi connectivity index (χ4v) is 3.19. The summed E-state index contributed by atoms with van der Waals surface area (Å²) in [6.45, 7) is 5.61. The van der Waals surface area contributed by atoms with Crippen molar-refractivity contribution in [1.29, 1.82) is 0 Å². The molecule has 1 aromatic heterocycles. The van der Waals surface area contributed by atoms with Crippen molar-refractivity contribution in [3.8, 4) is 5.69 Å². The number of hydrogen-bond donors (Lipinski definition) is 1. The van der Waals surface area contributed by atoms with Crippen LogP contribution in [-0.4, -0.2) is 44.7 Å². The van der Waals surface area contributed by atoms with Crippen molar-refractivity contribution in [3.05, 3.63) is 42.0 Å². The van der Waals surface area contributed by atoms with Gasteiger partial charge in [0.1, 0.15) is 12.7 Å². The van der Waals surface area contributed by atoms with Crippen LogP contribution in [0.25, 0.3) is 5.69 Å². The number of halogens is 1. The second kappa shape index (κ2) is 7.77. The van der Waals surface area contributed by atoms with Gasteiger partial charge in [0.15, 0.2) is 0 Å². The molecule has 2 N–H and O–H groups in total. The summed E-state index contributed by atoms with van der Waals surface area (Å²) < 4.78 is 1.71. The number of carbonyl (C=O) groups excluding carboxylic acids is 1. The molecule has 1 amide bonds. The number of rotatable bonds is 3. The van der Waals surface area contributed by atoms with E-state index in [0.717, 1.165) is 42.7 Å². The fraction of sp³-hybridized carbons (Fsp3) is 0.471. The summed E-state index contributed by atoms with van der Waals surface area (Å²) in [5.74, 6) is 0.622. The maximum Gasteiger partial charge on any atom is 0.253 e. The summed E-state index contributed by atoms with van der Waals surface area (Å²) >= 11 is 0. The second-order valence-electron chi connectivity index (χ2n) is 6.33. The molecule has 1 atom stereocenters. The molecule has 2 aromatic rings. The Kier molecular flexibility index (Phi) is 5.96. The predicted molar refractivity (Wildman–Crippen MR) is 95.6 cm³/mol. The molecule has 1 saturated heterocycles. The van der Waals surface area contributed by atoms with Crippen molar-refractivity contribution < 1.29 is 4.79 Å². The third-order valence-corrected chi connectivity index (χ3v) is 4.68. The van der Waals surface area contributed by atoms with Gasteiger partial charge in [0.25, 0.3) is 5.91 Å². The lowest BCUT2D eigenvalue weighted by atomic mass is 9.90. The smallest absolute Gasteiger partial charge is 0.253 e. The van der Waals surface area contributed by atoms with E-state index in [9.17, 15) is 4.79 Å². The van der Waals surface area contributed by atoms with E-state index >= 15 is 0 Å². The zero-order chi connectivity index (χ0) is 16.4. The minimum atomic E-state index is 0. The Bertz CT molecular complexity index is 678. The quantitative estimate of drug-likeness (QED) is 0.921. The lowest BCUT2D eigenvalue weighted by Gasteiger charge is -2.33. The van der Waals surface area contributed by atoms with E-state index in [1.165, 1.54) is 6.33 Å². The maximum atomic E-state index is 12.7. The third-order valence-electron chi connectivity index (χ3n) is 4.68. The van der Waals surface area contributed by atoms with E-state index in [1.807, 2.05) is 36.9 Å². The van der Waals surface area contributed by atoms with Crippen LogP contribution in [0.15, 0.2) is 30.9 Å². The predicted octanol–water partition coefficient (Wildman–Crippen LogP) is 2.20. The summed E-state index contributed by atoms with van der Waals surface area (Å²) in [5.41, 5.74) is 8.64. The summed E-state index contributed by atoms with van der Waals surface area (Å²) in [6, 6.07) is 5.92. The summed E-state index contributed by atoms with van der Waals surface area (Å²) in [4.78, 5) is 18.6. The molecular formula is C17H24ClN5O. The lowest BCUT2D eigenvalue weighted by molar-refractivity contribution is 0.0681. The third kappa shape index (κ3) is 3.76. The molecule has 1 aromatic carbocycles. The molecule has 1 unspecified atom stereocenters. The molecule has 0 radical (unpaired) electrons. The Morgan fingerprint density at radius 2 is 2.04 bits per heavy atom. The van der Waals surface area contributed by atoms with Gasteiger partial charge in [-0.05, 0) is 56.4 Å². The van der Waals surface area contributed by atoms with Gasteiger partial charge in [-0.3, -0.25) is 4.79 Å². The van der Waals surface area contributed by atoms with Crippen LogP contribution < -0.4 is 5.73 Å². The average Bonchev–Trinajstić information content (AvgIpc) is 3.08. The fourth-order valence-electron chi connectivity index (χ4n) is 3.19.